The average Bonchev–Trinajstić information content (AvgIpc) is 3.12. The van der Waals surface area contributed by atoms with Gasteiger partial charge in [0.2, 0.25) is 5.91 Å². The highest BCUT2D eigenvalue weighted by Crippen LogP contribution is 2.26. The number of hydrogen-bond acceptors (Lipinski definition) is 3. The SMILES string of the molecule is CCCC(=O)N(c1ccc(F)cc1)C1CCN(Cc2ccco2)CC1. The Hall–Kier alpha value is -2.14. The number of hydrogen-bond donors (Lipinski definition) is 0. The molecule has 0 radical (unpaired) electrons. The van der Waals surface area contributed by atoms with Crippen LogP contribution in [-0.4, -0.2) is 29.9 Å². The molecular weight excluding hydrogens is 319 g/mol. The maximum Gasteiger partial charge on any atom is 0.227 e. The topological polar surface area (TPSA) is 36.7 Å². The van der Waals surface area contributed by atoms with Gasteiger partial charge in [0, 0.05) is 31.2 Å². The number of furan rings is 1. The molecule has 0 spiro atoms. The van der Waals surface area contributed by atoms with Gasteiger partial charge in [-0.05, 0) is 55.7 Å². The molecule has 0 N–H and O–H groups in total. The van der Waals surface area contributed by atoms with Crippen LogP contribution in [0.15, 0.2) is 47.1 Å². The summed E-state index contributed by atoms with van der Waals surface area (Å²) < 4.78 is 18.7. The van der Waals surface area contributed by atoms with Crippen LogP contribution in [-0.2, 0) is 11.3 Å². The van der Waals surface area contributed by atoms with Gasteiger partial charge in [0.25, 0.3) is 0 Å². The van der Waals surface area contributed by atoms with Crippen LogP contribution < -0.4 is 4.90 Å². The predicted octanol–water partition coefficient (Wildman–Crippen LogP) is 4.22. The lowest BCUT2D eigenvalue weighted by molar-refractivity contribution is -0.119. The lowest BCUT2D eigenvalue weighted by Gasteiger charge is -2.38. The molecule has 2 heterocycles. The first-order valence-electron chi connectivity index (χ1n) is 8.99. The second-order valence-corrected chi connectivity index (χ2v) is 6.58. The standard InChI is InChI=1S/C20H25FN2O2/c1-2-4-20(24)23(17-8-6-16(21)7-9-17)18-10-12-22(13-11-18)15-19-5-3-14-25-19/h3,5-9,14,18H,2,4,10-13,15H2,1H3. The second kappa shape index (κ2) is 8.30. The van der Waals surface area contributed by atoms with E-state index in [9.17, 15) is 9.18 Å². The summed E-state index contributed by atoms with van der Waals surface area (Å²) in [6, 6.07) is 10.3. The molecule has 1 aliphatic rings. The van der Waals surface area contributed by atoms with Gasteiger partial charge >= 0.3 is 0 Å². The first kappa shape index (κ1) is 17.7. The smallest absolute Gasteiger partial charge is 0.227 e. The Bertz CT molecular complexity index is 662. The molecule has 0 bridgehead atoms. The Labute approximate surface area is 148 Å². The van der Waals surface area contributed by atoms with E-state index in [-0.39, 0.29) is 17.8 Å². The van der Waals surface area contributed by atoms with E-state index in [4.69, 9.17) is 4.42 Å². The van der Waals surface area contributed by atoms with Gasteiger partial charge in [-0.2, -0.15) is 0 Å². The minimum atomic E-state index is -0.278. The summed E-state index contributed by atoms with van der Waals surface area (Å²) in [4.78, 5) is 16.9. The van der Waals surface area contributed by atoms with E-state index in [1.807, 2.05) is 24.0 Å². The van der Waals surface area contributed by atoms with Gasteiger partial charge in [0.05, 0.1) is 12.8 Å². The quantitative estimate of drug-likeness (QED) is 0.787. The number of halogens is 1. The van der Waals surface area contributed by atoms with Gasteiger partial charge in [-0.1, -0.05) is 6.92 Å². The van der Waals surface area contributed by atoms with Crippen LogP contribution in [0.2, 0.25) is 0 Å². The van der Waals surface area contributed by atoms with Crippen LogP contribution in [0.3, 0.4) is 0 Å². The summed E-state index contributed by atoms with van der Waals surface area (Å²) in [6.07, 6.45) is 4.85. The molecule has 1 aromatic carbocycles. The molecule has 5 heteroatoms. The van der Waals surface area contributed by atoms with Crippen LogP contribution in [0.1, 0.15) is 38.4 Å². The lowest BCUT2D eigenvalue weighted by atomic mass is 10.0. The minimum absolute atomic E-state index is 0.124. The molecule has 0 unspecified atom stereocenters. The van der Waals surface area contributed by atoms with Crippen LogP contribution in [0.5, 0.6) is 0 Å². The van der Waals surface area contributed by atoms with Gasteiger partial charge in [0.15, 0.2) is 0 Å². The molecule has 0 saturated carbocycles. The number of anilines is 1. The largest absolute Gasteiger partial charge is 0.468 e. The van der Waals surface area contributed by atoms with E-state index < -0.39 is 0 Å². The van der Waals surface area contributed by atoms with Crippen LogP contribution >= 0.6 is 0 Å². The van der Waals surface area contributed by atoms with Crippen molar-refractivity contribution in [3.8, 4) is 0 Å². The maximum atomic E-state index is 13.3. The second-order valence-electron chi connectivity index (χ2n) is 6.58. The van der Waals surface area contributed by atoms with Crippen molar-refractivity contribution in [2.75, 3.05) is 18.0 Å². The van der Waals surface area contributed by atoms with Gasteiger partial charge < -0.3 is 9.32 Å². The third-order valence-electron chi connectivity index (χ3n) is 4.72. The lowest BCUT2D eigenvalue weighted by Crippen LogP contribution is -2.47. The van der Waals surface area contributed by atoms with Crippen LogP contribution in [0, 0.1) is 5.82 Å². The van der Waals surface area contributed by atoms with Crippen molar-refractivity contribution in [3.63, 3.8) is 0 Å². The molecule has 1 amide bonds. The molecule has 1 aliphatic heterocycles. The fourth-order valence-corrected chi connectivity index (χ4v) is 3.45. The predicted molar refractivity (Wildman–Crippen MR) is 95.8 cm³/mol. The average molecular weight is 344 g/mol. The van der Waals surface area contributed by atoms with Crippen molar-refractivity contribution in [1.29, 1.82) is 0 Å². The Kier molecular flexibility index (Phi) is 5.87. The summed E-state index contributed by atoms with van der Waals surface area (Å²) in [5, 5.41) is 0. The van der Waals surface area contributed by atoms with Gasteiger partial charge in [-0.25, -0.2) is 4.39 Å². The zero-order valence-electron chi connectivity index (χ0n) is 14.7. The van der Waals surface area contributed by atoms with E-state index in [1.54, 1.807) is 18.4 Å². The molecule has 0 aliphatic carbocycles. The normalized spacial score (nSPS) is 16.1. The summed E-state index contributed by atoms with van der Waals surface area (Å²) in [5.74, 6) is 0.814. The number of likely N-dealkylation sites (tertiary alicyclic amines) is 1. The summed E-state index contributed by atoms with van der Waals surface area (Å²) >= 11 is 0. The van der Waals surface area contributed by atoms with Crippen molar-refractivity contribution >= 4 is 11.6 Å². The molecule has 2 aromatic rings. The number of nitrogens with zero attached hydrogens (tertiary/aromatic N) is 2. The molecule has 134 valence electrons. The van der Waals surface area contributed by atoms with Crippen molar-refractivity contribution in [1.82, 2.24) is 4.90 Å². The van der Waals surface area contributed by atoms with E-state index in [0.717, 1.165) is 50.3 Å². The summed E-state index contributed by atoms with van der Waals surface area (Å²) in [6.45, 7) is 4.65. The van der Waals surface area contributed by atoms with Crippen LogP contribution in [0.4, 0.5) is 10.1 Å². The molecule has 4 nitrogen and oxygen atoms in total. The van der Waals surface area contributed by atoms with Gasteiger partial charge in [0.1, 0.15) is 11.6 Å². The highest BCUT2D eigenvalue weighted by molar-refractivity contribution is 5.93. The number of carbonyl (C=O) groups is 1. The van der Waals surface area contributed by atoms with Crippen LogP contribution in [0.25, 0.3) is 0 Å². The van der Waals surface area contributed by atoms with Gasteiger partial charge in [-0.3, -0.25) is 9.69 Å². The minimum Gasteiger partial charge on any atom is -0.468 e. The third kappa shape index (κ3) is 4.48. The molecule has 25 heavy (non-hydrogen) atoms. The molecule has 1 fully saturated rings. The molecule has 1 aromatic heterocycles. The van der Waals surface area contributed by atoms with Gasteiger partial charge in [-0.15, -0.1) is 0 Å². The number of benzene rings is 1. The highest BCUT2D eigenvalue weighted by Gasteiger charge is 2.29. The first-order valence-corrected chi connectivity index (χ1v) is 8.99. The fourth-order valence-electron chi connectivity index (χ4n) is 3.45. The van der Waals surface area contributed by atoms with Crippen molar-refractivity contribution < 1.29 is 13.6 Å². The third-order valence-corrected chi connectivity index (χ3v) is 4.72. The maximum absolute atomic E-state index is 13.3. The van der Waals surface area contributed by atoms with Crippen molar-refractivity contribution in [2.24, 2.45) is 0 Å². The zero-order chi connectivity index (χ0) is 17.6. The summed E-state index contributed by atoms with van der Waals surface area (Å²) in [7, 11) is 0. The van der Waals surface area contributed by atoms with E-state index in [2.05, 4.69) is 4.90 Å². The Morgan fingerprint density at radius 1 is 1.24 bits per heavy atom. The number of carbonyl (C=O) groups excluding carboxylic acids is 1. The Morgan fingerprint density at radius 2 is 1.96 bits per heavy atom. The number of amides is 1. The fraction of sp³-hybridized carbons (Fsp3) is 0.450. The van der Waals surface area contributed by atoms with E-state index in [1.165, 1.54) is 12.1 Å². The molecular formula is C20H25FN2O2. The van der Waals surface area contributed by atoms with Crippen molar-refractivity contribution in [2.45, 2.75) is 45.2 Å². The first-order chi connectivity index (χ1) is 12.2. The summed E-state index contributed by atoms with van der Waals surface area (Å²) in [5.41, 5.74) is 0.796. The Morgan fingerprint density at radius 3 is 2.56 bits per heavy atom. The highest BCUT2D eigenvalue weighted by atomic mass is 19.1. The van der Waals surface area contributed by atoms with E-state index >= 15 is 0 Å². The van der Waals surface area contributed by atoms with Crippen molar-refractivity contribution in [3.05, 3.63) is 54.2 Å². The molecule has 1 saturated heterocycles. The number of piperidine rings is 1. The monoisotopic (exact) mass is 344 g/mol. The van der Waals surface area contributed by atoms with E-state index in [0.29, 0.717) is 6.42 Å². The molecule has 3 rings (SSSR count). The Balaban J connectivity index is 1.67. The zero-order valence-corrected chi connectivity index (χ0v) is 14.7. The number of rotatable bonds is 6. The molecule has 0 atom stereocenters.